The third kappa shape index (κ3) is 3.98. The molecule has 0 radical (unpaired) electrons. The van der Waals surface area contributed by atoms with Crippen molar-refractivity contribution >= 4 is 11.6 Å². The van der Waals surface area contributed by atoms with E-state index in [1.165, 1.54) is 6.92 Å². The zero-order valence-electron chi connectivity index (χ0n) is 8.40. The topological polar surface area (TPSA) is 29.1 Å². The average molecular weight is 201 g/mol. The lowest BCUT2D eigenvalue weighted by molar-refractivity contribution is -0.114. The Labute approximate surface area is 81.9 Å². The zero-order chi connectivity index (χ0) is 11.1. The number of amides is 1. The van der Waals surface area contributed by atoms with Gasteiger partial charge in [-0.05, 0) is 12.1 Å². The van der Waals surface area contributed by atoms with E-state index in [1.807, 2.05) is 13.8 Å². The predicted octanol–water partition coefficient (Wildman–Crippen LogP) is 2.95. The summed E-state index contributed by atoms with van der Waals surface area (Å²) in [6.45, 7) is 5.23. The van der Waals surface area contributed by atoms with Crippen molar-refractivity contribution in [1.29, 1.82) is 0 Å². The van der Waals surface area contributed by atoms with Gasteiger partial charge in [-0.3, -0.25) is 4.79 Å². The Morgan fingerprint density at radius 2 is 1.86 bits per heavy atom. The van der Waals surface area contributed by atoms with Crippen LogP contribution < -0.4 is 5.32 Å². The molecule has 0 spiro atoms. The van der Waals surface area contributed by atoms with E-state index < -0.39 is 17.5 Å². The maximum absolute atomic E-state index is 12.7. The minimum Gasteiger partial charge on any atom is -0.324 e. The van der Waals surface area contributed by atoms with Crippen molar-refractivity contribution in [1.82, 2.24) is 0 Å². The van der Waals surface area contributed by atoms with E-state index in [-0.39, 0.29) is 5.69 Å². The monoisotopic (exact) mass is 201 g/mol. The zero-order valence-corrected chi connectivity index (χ0v) is 8.40. The highest BCUT2D eigenvalue weighted by Crippen LogP contribution is 2.14. The molecule has 1 rings (SSSR count). The summed E-state index contributed by atoms with van der Waals surface area (Å²) in [4.78, 5) is 10.5. The second kappa shape index (κ2) is 6.07. The van der Waals surface area contributed by atoms with Gasteiger partial charge in [0, 0.05) is 13.0 Å². The van der Waals surface area contributed by atoms with Crippen LogP contribution in [0.4, 0.5) is 14.5 Å². The molecule has 0 saturated carbocycles. The fourth-order valence-electron chi connectivity index (χ4n) is 0.783. The van der Waals surface area contributed by atoms with Crippen LogP contribution in [0.25, 0.3) is 0 Å². The summed E-state index contributed by atoms with van der Waals surface area (Å²) in [6, 6.07) is 2.87. The summed E-state index contributed by atoms with van der Waals surface area (Å²) in [7, 11) is 0. The summed E-state index contributed by atoms with van der Waals surface area (Å²) in [5.74, 6) is -1.66. The first-order valence-electron chi connectivity index (χ1n) is 4.32. The molecule has 0 aromatic heterocycles. The second-order valence-corrected chi connectivity index (χ2v) is 2.31. The molecule has 1 amide bonds. The van der Waals surface area contributed by atoms with Crippen molar-refractivity contribution in [3.8, 4) is 0 Å². The SMILES string of the molecule is CC.CC(=O)Nc1cc(F)ccc1F. The van der Waals surface area contributed by atoms with Gasteiger partial charge in [0.25, 0.3) is 0 Å². The van der Waals surface area contributed by atoms with Crippen LogP contribution in [0, 0.1) is 11.6 Å². The first-order chi connectivity index (χ1) is 6.59. The first kappa shape index (κ1) is 12.6. The predicted molar refractivity (Wildman–Crippen MR) is 52.0 cm³/mol. The number of carbonyl (C=O) groups is 1. The van der Waals surface area contributed by atoms with E-state index in [9.17, 15) is 13.6 Å². The highest BCUT2D eigenvalue weighted by atomic mass is 19.1. The van der Waals surface area contributed by atoms with Crippen LogP contribution in [-0.4, -0.2) is 5.91 Å². The van der Waals surface area contributed by atoms with Gasteiger partial charge in [0.05, 0.1) is 5.69 Å². The third-order valence-electron chi connectivity index (χ3n) is 1.24. The molecule has 0 heterocycles. The normalized spacial score (nSPS) is 8.64. The number of hydrogen-bond acceptors (Lipinski definition) is 1. The van der Waals surface area contributed by atoms with Gasteiger partial charge in [0.1, 0.15) is 11.6 Å². The Morgan fingerprint density at radius 3 is 2.36 bits per heavy atom. The van der Waals surface area contributed by atoms with Crippen LogP contribution in [-0.2, 0) is 4.79 Å². The van der Waals surface area contributed by atoms with Crippen LogP contribution in [0.15, 0.2) is 18.2 Å². The number of anilines is 1. The molecule has 0 aliphatic carbocycles. The van der Waals surface area contributed by atoms with Gasteiger partial charge < -0.3 is 5.32 Å². The molecular weight excluding hydrogens is 188 g/mol. The van der Waals surface area contributed by atoms with Crippen LogP contribution in [0.1, 0.15) is 20.8 Å². The maximum atomic E-state index is 12.7. The Bertz CT molecular complexity index is 313. The summed E-state index contributed by atoms with van der Waals surface area (Å²) in [6.07, 6.45) is 0. The quantitative estimate of drug-likeness (QED) is 0.743. The Balaban J connectivity index is 0.000000791. The maximum Gasteiger partial charge on any atom is 0.221 e. The molecule has 0 atom stereocenters. The van der Waals surface area contributed by atoms with Crippen molar-refractivity contribution in [3.63, 3.8) is 0 Å². The van der Waals surface area contributed by atoms with Crippen molar-refractivity contribution in [2.45, 2.75) is 20.8 Å². The average Bonchev–Trinajstić information content (AvgIpc) is 2.14. The first-order valence-corrected chi connectivity index (χ1v) is 4.32. The molecule has 1 aromatic carbocycles. The summed E-state index contributed by atoms with van der Waals surface area (Å²) in [5, 5.41) is 2.16. The van der Waals surface area contributed by atoms with Crippen LogP contribution in [0.5, 0.6) is 0 Å². The Kier molecular flexibility index (Phi) is 5.44. The molecule has 1 N–H and O–H groups in total. The van der Waals surface area contributed by atoms with E-state index in [4.69, 9.17) is 0 Å². The molecule has 0 fully saturated rings. The van der Waals surface area contributed by atoms with Gasteiger partial charge in [-0.25, -0.2) is 8.78 Å². The van der Waals surface area contributed by atoms with E-state index in [2.05, 4.69) is 5.32 Å². The molecule has 0 bridgehead atoms. The molecule has 0 saturated heterocycles. The lowest BCUT2D eigenvalue weighted by Crippen LogP contribution is -2.07. The molecule has 0 aliphatic heterocycles. The number of nitrogens with one attached hydrogen (secondary N) is 1. The van der Waals surface area contributed by atoms with Gasteiger partial charge in [0.2, 0.25) is 5.91 Å². The van der Waals surface area contributed by atoms with E-state index in [0.29, 0.717) is 0 Å². The van der Waals surface area contributed by atoms with Gasteiger partial charge in [-0.2, -0.15) is 0 Å². The van der Waals surface area contributed by atoms with Crippen LogP contribution in [0.2, 0.25) is 0 Å². The molecule has 1 aromatic rings. The van der Waals surface area contributed by atoms with Gasteiger partial charge >= 0.3 is 0 Å². The highest BCUT2D eigenvalue weighted by molar-refractivity contribution is 5.88. The minimum atomic E-state index is -0.647. The largest absolute Gasteiger partial charge is 0.324 e. The van der Waals surface area contributed by atoms with E-state index in [0.717, 1.165) is 18.2 Å². The fraction of sp³-hybridized carbons (Fsp3) is 0.300. The number of rotatable bonds is 1. The smallest absolute Gasteiger partial charge is 0.221 e. The van der Waals surface area contributed by atoms with Crippen molar-refractivity contribution in [2.75, 3.05) is 5.32 Å². The number of halogens is 2. The van der Waals surface area contributed by atoms with Gasteiger partial charge in [0.15, 0.2) is 0 Å². The van der Waals surface area contributed by atoms with Crippen LogP contribution in [0.3, 0.4) is 0 Å². The van der Waals surface area contributed by atoms with Crippen molar-refractivity contribution < 1.29 is 13.6 Å². The fourth-order valence-corrected chi connectivity index (χ4v) is 0.783. The summed E-state index contributed by atoms with van der Waals surface area (Å²) < 4.78 is 25.2. The van der Waals surface area contributed by atoms with Crippen molar-refractivity contribution in [3.05, 3.63) is 29.8 Å². The van der Waals surface area contributed by atoms with E-state index >= 15 is 0 Å². The summed E-state index contributed by atoms with van der Waals surface area (Å²) in [5.41, 5.74) is -0.137. The molecule has 78 valence electrons. The standard InChI is InChI=1S/C8H7F2NO.C2H6/c1-5(12)11-8-4-6(9)2-3-7(8)10;1-2/h2-4H,1H3,(H,11,12);1-2H3. The molecular formula is C10H13F2NO. The molecule has 14 heavy (non-hydrogen) atoms. The number of carbonyl (C=O) groups excluding carboxylic acids is 1. The lowest BCUT2D eigenvalue weighted by Gasteiger charge is -2.02. The van der Waals surface area contributed by atoms with Crippen molar-refractivity contribution in [2.24, 2.45) is 0 Å². The Hall–Kier alpha value is -1.45. The van der Waals surface area contributed by atoms with E-state index in [1.54, 1.807) is 0 Å². The highest BCUT2D eigenvalue weighted by Gasteiger charge is 2.03. The lowest BCUT2D eigenvalue weighted by atomic mass is 10.3. The number of hydrogen-bond donors (Lipinski definition) is 1. The second-order valence-electron chi connectivity index (χ2n) is 2.31. The molecule has 0 aliphatic rings. The Morgan fingerprint density at radius 1 is 1.29 bits per heavy atom. The van der Waals surface area contributed by atoms with Gasteiger partial charge in [-0.1, -0.05) is 13.8 Å². The molecule has 4 heteroatoms. The molecule has 2 nitrogen and oxygen atoms in total. The molecule has 0 unspecified atom stereocenters. The van der Waals surface area contributed by atoms with Crippen LogP contribution >= 0.6 is 0 Å². The third-order valence-corrected chi connectivity index (χ3v) is 1.24. The summed E-state index contributed by atoms with van der Waals surface area (Å²) >= 11 is 0. The minimum absolute atomic E-state index is 0.137. The number of benzene rings is 1. The van der Waals surface area contributed by atoms with Gasteiger partial charge in [-0.15, -0.1) is 0 Å².